The smallest absolute Gasteiger partial charge is 0.308 e. The second-order valence-electron chi connectivity index (χ2n) is 17.6. The maximum Gasteiger partial charge on any atom is 0.308 e. The van der Waals surface area contributed by atoms with Crippen LogP contribution in [-0.4, -0.2) is 202 Å². The maximum atomic E-state index is 13.6. The van der Waals surface area contributed by atoms with Gasteiger partial charge in [0.1, 0.15) is 17.3 Å². The van der Waals surface area contributed by atoms with E-state index in [0.29, 0.717) is 162 Å². The normalized spacial score (nSPS) is 13.3. The van der Waals surface area contributed by atoms with Crippen LogP contribution >= 0.6 is 0 Å². The topological polar surface area (TPSA) is 254 Å². The molecule has 2 aliphatic rings. The minimum Gasteiger partial charge on any atom is -0.460 e. The highest BCUT2D eigenvalue weighted by Crippen LogP contribution is 2.32. The first-order valence-corrected chi connectivity index (χ1v) is 25.4. The molecule has 4 rings (SSSR count). The predicted molar refractivity (Wildman–Crippen MR) is 276 cm³/mol. The van der Waals surface area contributed by atoms with Gasteiger partial charge in [-0.05, 0) is 56.5 Å². The Kier molecular flexibility index (Phi) is 31.2. The third-order valence-electron chi connectivity index (χ3n) is 10.2. The molecule has 2 amide bonds. The van der Waals surface area contributed by atoms with E-state index in [1.807, 2.05) is 58.0 Å². The summed E-state index contributed by atoms with van der Waals surface area (Å²) in [6, 6.07) is 5.69. The van der Waals surface area contributed by atoms with Crippen molar-refractivity contribution in [1.29, 1.82) is 0 Å². The average Bonchev–Trinajstić information content (AvgIpc) is 3.84. The third-order valence-corrected chi connectivity index (χ3v) is 10.2. The number of fused-ring (bicyclic) bond motifs is 1. The van der Waals surface area contributed by atoms with Crippen LogP contribution in [0.5, 0.6) is 0 Å². The fourth-order valence-corrected chi connectivity index (χ4v) is 6.59. The molecule has 0 atom stereocenters. The van der Waals surface area contributed by atoms with E-state index in [-0.39, 0.29) is 56.8 Å². The van der Waals surface area contributed by atoms with Gasteiger partial charge in [-0.1, -0.05) is 19.1 Å². The number of amides is 2. The third kappa shape index (κ3) is 28.0. The van der Waals surface area contributed by atoms with Crippen LogP contribution in [0.25, 0.3) is 17.2 Å². The van der Waals surface area contributed by atoms with E-state index >= 15 is 0 Å². The van der Waals surface area contributed by atoms with Gasteiger partial charge in [-0.15, -0.1) is 0 Å². The first-order valence-electron chi connectivity index (χ1n) is 25.4. The number of esters is 1. The molecule has 2 aromatic rings. The summed E-state index contributed by atoms with van der Waals surface area (Å²) in [7, 11) is 0. The van der Waals surface area contributed by atoms with Crippen LogP contribution in [-0.2, 0) is 77.9 Å². The van der Waals surface area contributed by atoms with Gasteiger partial charge >= 0.3 is 5.97 Å². The van der Waals surface area contributed by atoms with Crippen molar-refractivity contribution in [3.63, 3.8) is 0 Å². The molecule has 0 saturated carbocycles. The van der Waals surface area contributed by atoms with Crippen LogP contribution in [0.2, 0.25) is 0 Å². The molecular weight excluding hydrogens is 963 g/mol. The molecular formula is C52H79N7O15. The van der Waals surface area contributed by atoms with E-state index in [9.17, 15) is 14.4 Å². The summed E-state index contributed by atoms with van der Waals surface area (Å²) in [6.07, 6.45) is 10.2. The van der Waals surface area contributed by atoms with Crippen molar-refractivity contribution >= 4 is 41.6 Å². The van der Waals surface area contributed by atoms with E-state index in [2.05, 4.69) is 25.3 Å². The van der Waals surface area contributed by atoms with Crippen LogP contribution in [0.3, 0.4) is 0 Å². The molecule has 22 heteroatoms. The lowest BCUT2D eigenvalue weighted by molar-refractivity contribution is -0.178. The predicted octanol–water partition coefficient (Wildman–Crippen LogP) is 4.00. The lowest BCUT2D eigenvalue weighted by Crippen LogP contribution is -2.34. The monoisotopic (exact) mass is 1040 g/mol. The Morgan fingerprint density at radius 1 is 0.676 bits per heavy atom. The minimum absolute atomic E-state index is 0.171. The number of nitrogens with two attached hydrogens (primary N) is 1. The molecule has 0 fully saturated rings. The van der Waals surface area contributed by atoms with Gasteiger partial charge in [-0.3, -0.25) is 24.2 Å². The average molecular weight is 1040 g/mol. The van der Waals surface area contributed by atoms with Gasteiger partial charge < -0.3 is 63.2 Å². The zero-order chi connectivity index (χ0) is 52.9. The Morgan fingerprint density at radius 2 is 1.18 bits per heavy atom. The molecule has 0 radical (unpaired) electrons. The van der Waals surface area contributed by atoms with Crippen LogP contribution in [0.1, 0.15) is 64.8 Å². The molecule has 1 aromatic carbocycles. The first kappa shape index (κ1) is 61.4. The van der Waals surface area contributed by atoms with Crippen molar-refractivity contribution < 1.29 is 71.3 Å². The number of carbonyl (C=O) groups excluding carboxylic acids is 3. The van der Waals surface area contributed by atoms with Gasteiger partial charge in [0.15, 0.2) is 0 Å². The number of benzene rings is 1. The molecule has 22 nitrogen and oxygen atoms in total. The minimum atomic E-state index is -0.488. The number of nitrogens with zero attached hydrogens (tertiary/aromatic N) is 5. The van der Waals surface area contributed by atoms with Crippen LogP contribution in [0, 0.1) is 0 Å². The molecule has 412 valence electrons. The number of hydroxylamine groups is 2. The van der Waals surface area contributed by atoms with Crippen molar-refractivity contribution in [1.82, 2.24) is 20.3 Å². The standard InChI is InChI=1S/C52H79N7O15/c1-5-12-59(73-40-41-8-11-54-36-41)51(62)44-33-43-7-6-42(34-46(43)58-47(53)35-44)45-37-55-48(56-38-45)39-57-49(60)9-13-63-15-17-65-19-21-67-23-25-69-27-29-71-31-32-72-30-28-70-26-24-68-22-20-66-18-16-64-14-10-50(61)74-52(2,3)4/h6-8,11,33-34,37-38H,5,9-10,12-32,35-36,39-40H2,1-4H3,(H2,53,58)(H,57,60). The second kappa shape index (κ2) is 37.6. The number of nitrogens with one attached hydrogen (secondary N) is 1. The van der Waals surface area contributed by atoms with Crippen molar-refractivity contribution in [2.45, 2.75) is 65.5 Å². The largest absolute Gasteiger partial charge is 0.460 e. The van der Waals surface area contributed by atoms with E-state index < -0.39 is 5.60 Å². The second-order valence-corrected chi connectivity index (χ2v) is 17.6. The Labute approximate surface area is 435 Å². The van der Waals surface area contributed by atoms with Gasteiger partial charge in [0.2, 0.25) is 5.91 Å². The highest BCUT2D eigenvalue weighted by Gasteiger charge is 2.23. The zero-order valence-corrected chi connectivity index (χ0v) is 43.9. The van der Waals surface area contributed by atoms with Crippen LogP contribution in [0.15, 0.2) is 57.8 Å². The number of aromatic nitrogens is 2. The lowest BCUT2D eigenvalue weighted by atomic mass is 10.0. The SMILES string of the molecule is CCCN(OCC1=CC=NC1)C(=O)C1=Cc2ccc(-c3cnc(CNC(=O)CCOCCOCCOCCOCCOCCOCCOCCOCCOCCOCCC(=O)OC(C)(C)C)nc3)cc2N=C(N)C1. The number of ether oxygens (including phenoxy) is 11. The number of rotatable bonds is 42. The molecule has 0 aliphatic carbocycles. The summed E-state index contributed by atoms with van der Waals surface area (Å²) in [5, 5.41) is 4.22. The molecule has 0 unspecified atom stereocenters. The number of allylic oxidation sites excluding steroid dienone is 1. The summed E-state index contributed by atoms with van der Waals surface area (Å²) in [6.45, 7) is 17.4. The van der Waals surface area contributed by atoms with E-state index in [1.165, 1.54) is 5.06 Å². The number of hydrogen-bond acceptors (Lipinski definition) is 20. The van der Waals surface area contributed by atoms with Gasteiger partial charge in [0.05, 0.1) is 164 Å². The highest BCUT2D eigenvalue weighted by molar-refractivity contribution is 6.05. The number of aliphatic imine (C=N–C) groups is 2. The van der Waals surface area contributed by atoms with Crippen LogP contribution in [0.4, 0.5) is 5.69 Å². The summed E-state index contributed by atoms with van der Waals surface area (Å²) in [5.74, 6) is 0.0722. The Bertz CT molecular complexity index is 2050. The molecule has 0 bridgehead atoms. The number of hydrogen-bond donors (Lipinski definition) is 2. The number of amidine groups is 1. The number of carbonyl (C=O) groups is 3. The summed E-state index contributed by atoms with van der Waals surface area (Å²) >= 11 is 0. The van der Waals surface area contributed by atoms with Crippen molar-refractivity contribution in [2.75, 3.05) is 152 Å². The van der Waals surface area contributed by atoms with Gasteiger partial charge in [0, 0.05) is 54.7 Å². The van der Waals surface area contributed by atoms with Crippen molar-refractivity contribution in [3.05, 3.63) is 59.2 Å². The van der Waals surface area contributed by atoms with Crippen molar-refractivity contribution in [3.8, 4) is 11.1 Å². The molecule has 1 aromatic heterocycles. The molecule has 0 spiro atoms. The fraction of sp³-hybridized carbons (Fsp3) is 0.635. The van der Waals surface area contributed by atoms with Gasteiger partial charge in [-0.2, -0.15) is 0 Å². The molecule has 74 heavy (non-hydrogen) atoms. The Morgan fingerprint density at radius 3 is 1.65 bits per heavy atom. The molecule has 2 aliphatic heterocycles. The van der Waals surface area contributed by atoms with E-state index in [1.54, 1.807) is 18.6 Å². The zero-order valence-electron chi connectivity index (χ0n) is 43.9. The highest BCUT2D eigenvalue weighted by atomic mass is 16.7. The summed E-state index contributed by atoms with van der Waals surface area (Å²) in [5.41, 5.74) is 10.3. The lowest BCUT2D eigenvalue weighted by Gasteiger charge is -2.22. The van der Waals surface area contributed by atoms with Gasteiger partial charge in [0.25, 0.3) is 5.91 Å². The van der Waals surface area contributed by atoms with Crippen LogP contribution < -0.4 is 11.1 Å². The quantitative estimate of drug-likeness (QED) is 0.0541. The fourth-order valence-electron chi connectivity index (χ4n) is 6.59. The van der Waals surface area contributed by atoms with Gasteiger partial charge in [-0.25, -0.2) is 20.0 Å². The molecule has 3 heterocycles. The maximum absolute atomic E-state index is 13.6. The first-order chi connectivity index (χ1) is 36.0. The Hall–Kier alpha value is -5.11. The summed E-state index contributed by atoms with van der Waals surface area (Å²) in [4.78, 5) is 61.1. The Balaban J connectivity index is 0.892. The van der Waals surface area contributed by atoms with Crippen molar-refractivity contribution in [2.24, 2.45) is 15.7 Å². The van der Waals surface area contributed by atoms with E-state index in [4.69, 9.17) is 62.7 Å². The van der Waals surface area contributed by atoms with E-state index in [0.717, 1.165) is 28.7 Å². The summed E-state index contributed by atoms with van der Waals surface area (Å²) < 4.78 is 60.1. The molecule has 3 N–H and O–H groups in total. The molecule has 0 saturated heterocycles.